The fraction of sp³-hybridized carbons (Fsp3) is 0.308. The van der Waals surface area contributed by atoms with Crippen LogP contribution in [0.5, 0.6) is 0 Å². The minimum atomic E-state index is -0.520. The molecule has 5 rings (SSSR count). The highest BCUT2D eigenvalue weighted by molar-refractivity contribution is 9.10. The molecular weight excluding hydrogens is 494 g/mol. The van der Waals surface area contributed by atoms with Crippen molar-refractivity contribution >= 4 is 33.1 Å². The van der Waals surface area contributed by atoms with E-state index in [-0.39, 0.29) is 12.1 Å². The van der Waals surface area contributed by atoms with Gasteiger partial charge in [-0.15, -0.1) is 0 Å². The average molecular weight is 520 g/mol. The molecular formula is C26H26BrN5O2. The molecule has 4 heterocycles. The molecule has 1 saturated heterocycles. The van der Waals surface area contributed by atoms with Crippen LogP contribution in [0, 0.1) is 0 Å². The number of nitrogens with zero attached hydrogens (tertiary/aromatic N) is 4. The quantitative estimate of drug-likeness (QED) is 0.333. The van der Waals surface area contributed by atoms with Crippen LogP contribution in [0.25, 0.3) is 33.4 Å². The summed E-state index contributed by atoms with van der Waals surface area (Å²) in [5.41, 5.74) is 5.21. The number of ether oxygens (including phenoxy) is 1. The standard InChI is InChI=1S/C26H26BrN5O2/c1-26(2,3)34-25(33)32-10-4-5-23(32)24-30-15-22(31-24)17-8-6-16(7-9-17)18-11-20-21(28-13-18)12-19(27)14-29-20/h6-9,11-15,23H,4-5,10H2,1-3H3,(H,30,31). The molecule has 4 aromatic rings. The maximum atomic E-state index is 12.6. The summed E-state index contributed by atoms with van der Waals surface area (Å²) in [6.07, 6.45) is 6.98. The number of fused-ring (bicyclic) bond motifs is 1. The topological polar surface area (TPSA) is 84.0 Å². The van der Waals surface area contributed by atoms with Crippen molar-refractivity contribution in [2.24, 2.45) is 0 Å². The Morgan fingerprint density at radius 1 is 1.00 bits per heavy atom. The van der Waals surface area contributed by atoms with Crippen molar-refractivity contribution in [1.29, 1.82) is 0 Å². The number of aromatic amines is 1. The van der Waals surface area contributed by atoms with Crippen molar-refractivity contribution < 1.29 is 9.53 Å². The minimum absolute atomic E-state index is 0.0981. The summed E-state index contributed by atoms with van der Waals surface area (Å²) in [6, 6.07) is 12.2. The summed E-state index contributed by atoms with van der Waals surface area (Å²) in [4.78, 5) is 31.4. The molecule has 0 spiro atoms. The van der Waals surface area contributed by atoms with Gasteiger partial charge in [0.05, 0.1) is 29.0 Å². The molecule has 1 atom stereocenters. The number of imidazole rings is 1. The van der Waals surface area contributed by atoms with Crippen molar-refractivity contribution in [3.63, 3.8) is 0 Å². The van der Waals surface area contributed by atoms with Crippen LogP contribution >= 0.6 is 15.9 Å². The highest BCUT2D eigenvalue weighted by Crippen LogP contribution is 2.33. The van der Waals surface area contributed by atoms with Crippen molar-refractivity contribution in [2.45, 2.75) is 45.3 Å². The number of benzene rings is 1. The summed E-state index contributed by atoms with van der Waals surface area (Å²) >= 11 is 3.43. The van der Waals surface area contributed by atoms with Gasteiger partial charge in [-0.2, -0.15) is 0 Å². The van der Waals surface area contributed by atoms with E-state index >= 15 is 0 Å². The first-order valence-corrected chi connectivity index (χ1v) is 12.1. The van der Waals surface area contributed by atoms with E-state index in [9.17, 15) is 4.79 Å². The molecule has 3 aromatic heterocycles. The second kappa shape index (κ2) is 8.83. The van der Waals surface area contributed by atoms with Gasteiger partial charge in [0.25, 0.3) is 0 Å². The molecule has 0 aliphatic carbocycles. The third-order valence-electron chi connectivity index (χ3n) is 5.82. The zero-order valence-corrected chi connectivity index (χ0v) is 21.0. The highest BCUT2D eigenvalue weighted by atomic mass is 79.9. The Morgan fingerprint density at radius 3 is 2.47 bits per heavy atom. The number of pyridine rings is 2. The Bertz CT molecular complexity index is 1340. The number of likely N-dealkylation sites (tertiary alicyclic amines) is 1. The van der Waals surface area contributed by atoms with Crippen LogP contribution < -0.4 is 0 Å². The van der Waals surface area contributed by atoms with E-state index in [0.717, 1.165) is 56.6 Å². The number of carbonyl (C=O) groups is 1. The summed E-state index contributed by atoms with van der Waals surface area (Å²) in [7, 11) is 0. The predicted octanol–water partition coefficient (Wildman–Crippen LogP) is 6.52. The lowest BCUT2D eigenvalue weighted by Gasteiger charge is -2.27. The van der Waals surface area contributed by atoms with Gasteiger partial charge in [-0.3, -0.25) is 14.9 Å². The summed E-state index contributed by atoms with van der Waals surface area (Å²) < 4.78 is 6.50. The zero-order valence-electron chi connectivity index (χ0n) is 19.4. The third kappa shape index (κ3) is 4.68. The molecule has 174 valence electrons. The highest BCUT2D eigenvalue weighted by Gasteiger charge is 2.34. The molecule has 8 heteroatoms. The molecule has 7 nitrogen and oxygen atoms in total. The first-order chi connectivity index (χ1) is 16.3. The van der Waals surface area contributed by atoms with Crippen LogP contribution in [0.4, 0.5) is 4.79 Å². The number of rotatable bonds is 3. The van der Waals surface area contributed by atoms with E-state index in [2.05, 4.69) is 60.1 Å². The smallest absolute Gasteiger partial charge is 0.410 e. The number of hydrogen-bond donors (Lipinski definition) is 1. The maximum Gasteiger partial charge on any atom is 0.410 e. The van der Waals surface area contributed by atoms with Gasteiger partial charge >= 0.3 is 6.09 Å². The Morgan fingerprint density at radius 2 is 1.71 bits per heavy atom. The largest absolute Gasteiger partial charge is 0.444 e. The predicted molar refractivity (Wildman–Crippen MR) is 135 cm³/mol. The fourth-order valence-electron chi connectivity index (χ4n) is 4.22. The first kappa shape index (κ1) is 22.5. The van der Waals surface area contributed by atoms with Gasteiger partial charge in [0.2, 0.25) is 0 Å². The van der Waals surface area contributed by atoms with Gasteiger partial charge in [-0.25, -0.2) is 9.78 Å². The number of nitrogens with one attached hydrogen (secondary N) is 1. The summed E-state index contributed by atoms with van der Waals surface area (Å²) in [6.45, 7) is 6.33. The van der Waals surface area contributed by atoms with Crippen LogP contribution in [0.1, 0.15) is 45.5 Å². The fourth-order valence-corrected chi connectivity index (χ4v) is 4.54. The van der Waals surface area contributed by atoms with Gasteiger partial charge in [-0.1, -0.05) is 24.3 Å². The average Bonchev–Trinajstić information content (AvgIpc) is 3.47. The van der Waals surface area contributed by atoms with E-state index in [1.807, 2.05) is 45.3 Å². The SMILES string of the molecule is CC(C)(C)OC(=O)N1CCCC1c1ncc(-c2ccc(-c3cnc4cc(Br)cnc4c3)cc2)[nH]1. The van der Waals surface area contributed by atoms with Gasteiger partial charge in [0.1, 0.15) is 11.4 Å². The lowest BCUT2D eigenvalue weighted by Crippen LogP contribution is -2.36. The molecule has 1 amide bonds. The molecule has 1 aliphatic rings. The first-order valence-electron chi connectivity index (χ1n) is 11.3. The number of H-pyrrole nitrogens is 1. The van der Waals surface area contributed by atoms with Gasteiger partial charge in [0.15, 0.2) is 0 Å². The molecule has 34 heavy (non-hydrogen) atoms. The number of amides is 1. The lowest BCUT2D eigenvalue weighted by atomic mass is 10.0. The van der Waals surface area contributed by atoms with Crippen molar-refractivity contribution in [3.05, 3.63) is 65.3 Å². The second-order valence-corrected chi connectivity index (χ2v) is 10.4. The van der Waals surface area contributed by atoms with Crippen LogP contribution in [-0.4, -0.2) is 43.1 Å². The van der Waals surface area contributed by atoms with E-state index in [0.29, 0.717) is 6.54 Å². The number of carbonyl (C=O) groups excluding carboxylic acids is 1. The summed E-state index contributed by atoms with van der Waals surface area (Å²) in [5, 5.41) is 0. The van der Waals surface area contributed by atoms with E-state index in [1.165, 1.54) is 0 Å². The van der Waals surface area contributed by atoms with E-state index in [4.69, 9.17) is 4.74 Å². The summed E-state index contributed by atoms with van der Waals surface area (Å²) in [5.74, 6) is 0.790. The molecule has 1 aromatic carbocycles. The molecule has 0 saturated carbocycles. The molecule has 1 aliphatic heterocycles. The molecule has 0 bridgehead atoms. The van der Waals surface area contributed by atoms with Crippen LogP contribution in [0.2, 0.25) is 0 Å². The zero-order chi connectivity index (χ0) is 23.9. The van der Waals surface area contributed by atoms with Crippen LogP contribution in [0.3, 0.4) is 0 Å². The van der Waals surface area contributed by atoms with Crippen molar-refractivity contribution in [3.8, 4) is 22.4 Å². The third-order valence-corrected chi connectivity index (χ3v) is 6.25. The van der Waals surface area contributed by atoms with Crippen LogP contribution in [-0.2, 0) is 4.74 Å². The van der Waals surface area contributed by atoms with Crippen LogP contribution in [0.15, 0.2) is 59.5 Å². The normalized spacial score (nSPS) is 16.2. The number of hydrogen-bond acceptors (Lipinski definition) is 5. The Kier molecular flexibility index (Phi) is 5.85. The Balaban J connectivity index is 1.34. The Labute approximate surface area is 206 Å². The van der Waals surface area contributed by atoms with Gasteiger partial charge < -0.3 is 9.72 Å². The van der Waals surface area contributed by atoms with E-state index in [1.54, 1.807) is 11.1 Å². The second-order valence-electron chi connectivity index (χ2n) is 9.51. The maximum absolute atomic E-state index is 12.6. The Hall–Kier alpha value is -3.26. The van der Waals surface area contributed by atoms with E-state index < -0.39 is 5.60 Å². The van der Waals surface area contributed by atoms with Gasteiger partial charge in [-0.05, 0) is 72.8 Å². The molecule has 1 N–H and O–H groups in total. The monoisotopic (exact) mass is 519 g/mol. The van der Waals surface area contributed by atoms with Crippen molar-refractivity contribution in [1.82, 2.24) is 24.8 Å². The number of aromatic nitrogens is 4. The molecule has 1 fully saturated rings. The van der Waals surface area contributed by atoms with Gasteiger partial charge in [0, 0.05) is 29.0 Å². The number of halogens is 1. The minimum Gasteiger partial charge on any atom is -0.444 e. The lowest BCUT2D eigenvalue weighted by molar-refractivity contribution is 0.0218. The molecule has 0 radical (unpaired) electrons. The van der Waals surface area contributed by atoms with Crippen molar-refractivity contribution in [2.75, 3.05) is 6.54 Å². The molecule has 1 unspecified atom stereocenters.